The van der Waals surface area contributed by atoms with Crippen LogP contribution in [0.2, 0.25) is 0 Å². The molecule has 0 atom stereocenters. The van der Waals surface area contributed by atoms with Gasteiger partial charge in [0.25, 0.3) is 0 Å². The number of rotatable bonds is 10. The topological polar surface area (TPSA) is 86.1 Å². The van der Waals surface area contributed by atoms with Crippen LogP contribution in [0, 0.1) is 0 Å². The second-order valence-corrected chi connectivity index (χ2v) is 7.58. The number of nitrogens with one attached hydrogen (secondary N) is 1. The van der Waals surface area contributed by atoms with E-state index in [2.05, 4.69) is 22.1 Å². The molecule has 0 saturated heterocycles. The second kappa shape index (κ2) is 10.6. The van der Waals surface area contributed by atoms with Crippen molar-refractivity contribution < 1.29 is 14.3 Å². The van der Waals surface area contributed by atoms with Crippen molar-refractivity contribution in [3.63, 3.8) is 0 Å². The summed E-state index contributed by atoms with van der Waals surface area (Å²) < 4.78 is 7.40. The lowest BCUT2D eigenvalue weighted by atomic mass is 10.1. The maximum Gasteiger partial charge on any atom is 0.234 e. The van der Waals surface area contributed by atoms with Crippen molar-refractivity contribution in [3.8, 4) is 17.1 Å². The first-order chi connectivity index (χ1) is 15.0. The molecule has 0 aliphatic heterocycles. The summed E-state index contributed by atoms with van der Waals surface area (Å²) in [5.41, 5.74) is 2.03. The number of allylic oxidation sites excluding steroid dienone is 1. The molecule has 31 heavy (non-hydrogen) atoms. The highest BCUT2D eigenvalue weighted by Gasteiger charge is 2.15. The molecule has 0 radical (unpaired) electrons. The molecular weight excluding hydrogens is 412 g/mol. The van der Waals surface area contributed by atoms with E-state index in [0.29, 0.717) is 35.4 Å². The van der Waals surface area contributed by atoms with Crippen LogP contribution in [0.5, 0.6) is 5.75 Å². The van der Waals surface area contributed by atoms with Crippen LogP contribution in [0.1, 0.15) is 24.2 Å². The highest BCUT2D eigenvalue weighted by Crippen LogP contribution is 2.26. The molecule has 0 fully saturated rings. The molecule has 1 amide bonds. The van der Waals surface area contributed by atoms with E-state index >= 15 is 0 Å². The van der Waals surface area contributed by atoms with Crippen LogP contribution in [-0.4, -0.2) is 38.8 Å². The smallest absolute Gasteiger partial charge is 0.234 e. The van der Waals surface area contributed by atoms with Crippen molar-refractivity contribution in [1.82, 2.24) is 14.8 Å². The normalized spacial score (nSPS) is 10.5. The van der Waals surface area contributed by atoms with E-state index in [0.717, 1.165) is 11.3 Å². The average Bonchev–Trinajstić information content (AvgIpc) is 3.16. The summed E-state index contributed by atoms with van der Waals surface area (Å²) in [6.45, 7) is 8.36. The predicted octanol–water partition coefficient (Wildman–Crippen LogP) is 4.46. The molecule has 3 rings (SSSR count). The van der Waals surface area contributed by atoms with Crippen LogP contribution < -0.4 is 10.1 Å². The number of hydrogen-bond acceptors (Lipinski definition) is 6. The number of Topliss-reactive ketones (excluding diaryl/α,β-unsaturated/α-hetero) is 1. The Morgan fingerprint density at radius 3 is 2.65 bits per heavy atom. The first-order valence-electron chi connectivity index (χ1n) is 9.82. The van der Waals surface area contributed by atoms with Crippen molar-refractivity contribution >= 4 is 29.1 Å². The monoisotopic (exact) mass is 436 g/mol. The standard InChI is InChI=1S/C23H24N4O3S/c1-4-13-27-22(17-9-11-20(12-10-17)30-5-2)25-26-23(27)31-15-21(29)24-19-8-6-7-18(14-19)16(3)28/h4,6-12,14H,1,5,13,15H2,2-3H3,(H,24,29). The molecule has 0 aliphatic rings. The third-order valence-electron chi connectivity index (χ3n) is 4.34. The molecule has 0 aliphatic carbocycles. The maximum atomic E-state index is 12.4. The van der Waals surface area contributed by atoms with Crippen LogP contribution in [0.15, 0.2) is 66.3 Å². The van der Waals surface area contributed by atoms with Crippen LogP contribution in [0.25, 0.3) is 11.4 Å². The van der Waals surface area contributed by atoms with Gasteiger partial charge in [-0.15, -0.1) is 16.8 Å². The number of ether oxygens (including phenoxy) is 1. The fraction of sp³-hybridized carbons (Fsp3) is 0.217. The first kappa shape index (κ1) is 22.3. The third kappa shape index (κ3) is 5.82. The minimum Gasteiger partial charge on any atom is -0.494 e. The van der Waals surface area contributed by atoms with E-state index in [1.165, 1.54) is 18.7 Å². The van der Waals surface area contributed by atoms with Crippen molar-refractivity contribution in [2.75, 3.05) is 17.7 Å². The molecule has 8 heteroatoms. The maximum absolute atomic E-state index is 12.4. The van der Waals surface area contributed by atoms with E-state index in [4.69, 9.17) is 4.74 Å². The minimum atomic E-state index is -0.193. The second-order valence-electron chi connectivity index (χ2n) is 6.64. The molecule has 1 N–H and O–H groups in total. The van der Waals surface area contributed by atoms with E-state index in [1.54, 1.807) is 30.3 Å². The molecule has 160 valence electrons. The van der Waals surface area contributed by atoms with E-state index in [-0.39, 0.29) is 17.4 Å². The summed E-state index contributed by atoms with van der Waals surface area (Å²) in [5, 5.41) is 12.0. The van der Waals surface area contributed by atoms with Gasteiger partial charge < -0.3 is 10.1 Å². The number of carbonyl (C=O) groups excluding carboxylic acids is 2. The Morgan fingerprint density at radius 2 is 1.97 bits per heavy atom. The molecule has 0 saturated carbocycles. The highest BCUT2D eigenvalue weighted by molar-refractivity contribution is 7.99. The zero-order chi connectivity index (χ0) is 22.2. The van der Waals surface area contributed by atoms with E-state index in [9.17, 15) is 9.59 Å². The number of ketones is 1. The molecule has 7 nitrogen and oxygen atoms in total. The van der Waals surface area contributed by atoms with Gasteiger partial charge in [0.05, 0.1) is 12.4 Å². The van der Waals surface area contributed by atoms with Gasteiger partial charge in [0.15, 0.2) is 16.8 Å². The highest BCUT2D eigenvalue weighted by atomic mass is 32.2. The Labute approximate surface area is 185 Å². The molecule has 0 spiro atoms. The number of nitrogens with zero attached hydrogens (tertiary/aromatic N) is 3. The Balaban J connectivity index is 1.70. The summed E-state index contributed by atoms with van der Waals surface area (Å²) >= 11 is 1.29. The van der Waals surface area contributed by atoms with E-state index < -0.39 is 0 Å². The van der Waals surface area contributed by atoms with Gasteiger partial charge in [-0.3, -0.25) is 14.2 Å². The van der Waals surface area contributed by atoms with Crippen LogP contribution in [0.3, 0.4) is 0 Å². The Bertz CT molecular complexity index is 1080. The molecule has 1 aromatic heterocycles. The lowest BCUT2D eigenvalue weighted by Crippen LogP contribution is -2.15. The fourth-order valence-corrected chi connectivity index (χ4v) is 3.66. The van der Waals surface area contributed by atoms with E-state index in [1.807, 2.05) is 35.8 Å². The molecule has 3 aromatic rings. The van der Waals surface area contributed by atoms with Crippen LogP contribution in [-0.2, 0) is 11.3 Å². The SMILES string of the molecule is C=CCn1c(SCC(=O)Nc2cccc(C(C)=O)c2)nnc1-c1ccc(OCC)cc1. The summed E-state index contributed by atoms with van der Waals surface area (Å²) in [6, 6.07) is 14.5. The summed E-state index contributed by atoms with van der Waals surface area (Å²) in [7, 11) is 0. The van der Waals surface area contributed by atoms with Crippen LogP contribution in [0.4, 0.5) is 5.69 Å². The quantitative estimate of drug-likeness (QED) is 0.287. The van der Waals surface area contributed by atoms with Crippen molar-refractivity contribution in [3.05, 3.63) is 66.7 Å². The largest absolute Gasteiger partial charge is 0.494 e. The molecular formula is C23H24N4O3S. The Morgan fingerprint density at radius 1 is 1.19 bits per heavy atom. The number of hydrogen-bond donors (Lipinski definition) is 1. The molecule has 1 heterocycles. The van der Waals surface area contributed by atoms with Crippen molar-refractivity contribution in [2.45, 2.75) is 25.5 Å². The molecule has 2 aromatic carbocycles. The number of thioether (sulfide) groups is 1. The van der Waals surface area contributed by atoms with Gasteiger partial charge >= 0.3 is 0 Å². The molecule has 0 unspecified atom stereocenters. The average molecular weight is 437 g/mol. The Hall–Kier alpha value is -3.39. The van der Waals surface area contributed by atoms with Crippen molar-refractivity contribution in [2.24, 2.45) is 0 Å². The van der Waals surface area contributed by atoms with Gasteiger partial charge in [-0.2, -0.15) is 0 Å². The lowest BCUT2D eigenvalue weighted by Gasteiger charge is -2.09. The van der Waals surface area contributed by atoms with Gasteiger partial charge in [0.2, 0.25) is 5.91 Å². The first-order valence-corrected chi connectivity index (χ1v) is 10.8. The van der Waals surface area contributed by atoms with Gasteiger partial charge in [-0.1, -0.05) is 30.0 Å². The van der Waals surface area contributed by atoms with Gasteiger partial charge in [-0.05, 0) is 50.2 Å². The lowest BCUT2D eigenvalue weighted by molar-refractivity contribution is -0.113. The number of carbonyl (C=O) groups is 2. The Kier molecular flexibility index (Phi) is 7.61. The third-order valence-corrected chi connectivity index (χ3v) is 5.30. The number of aromatic nitrogens is 3. The zero-order valence-corrected chi connectivity index (χ0v) is 18.3. The number of anilines is 1. The van der Waals surface area contributed by atoms with Crippen molar-refractivity contribution in [1.29, 1.82) is 0 Å². The van der Waals surface area contributed by atoms with Gasteiger partial charge in [0.1, 0.15) is 5.75 Å². The summed E-state index contributed by atoms with van der Waals surface area (Å²) in [5.74, 6) is 1.40. The zero-order valence-electron chi connectivity index (χ0n) is 17.5. The van der Waals surface area contributed by atoms with Gasteiger partial charge in [0, 0.05) is 23.4 Å². The minimum absolute atomic E-state index is 0.0511. The van der Waals surface area contributed by atoms with Gasteiger partial charge in [-0.25, -0.2) is 0 Å². The summed E-state index contributed by atoms with van der Waals surface area (Å²) in [4.78, 5) is 23.9. The predicted molar refractivity (Wildman–Crippen MR) is 123 cm³/mol. The molecule has 0 bridgehead atoms. The summed E-state index contributed by atoms with van der Waals surface area (Å²) in [6.07, 6.45) is 1.76. The van der Waals surface area contributed by atoms with Crippen LogP contribution >= 0.6 is 11.8 Å². The number of amides is 1. The number of benzene rings is 2. The fourth-order valence-electron chi connectivity index (χ4n) is 2.91.